The molecule has 0 aliphatic carbocycles. The molecule has 0 aromatic heterocycles. The lowest BCUT2D eigenvalue weighted by Crippen LogP contribution is -2.46. The average molecular weight is 351 g/mol. The number of urea groups is 1. The number of benzene rings is 1. The van der Waals surface area contributed by atoms with Gasteiger partial charge in [0.1, 0.15) is 11.8 Å². The largest absolute Gasteiger partial charge is 0.573 e. The Hall–Kier alpha value is -2.10. The first-order valence-electron chi connectivity index (χ1n) is 6.43. The van der Waals surface area contributed by atoms with Crippen LogP contribution in [0.5, 0.6) is 5.75 Å². The zero-order valence-corrected chi connectivity index (χ0v) is 13.0. The van der Waals surface area contributed by atoms with Crippen molar-refractivity contribution in [3.63, 3.8) is 0 Å². The lowest BCUT2D eigenvalue weighted by atomic mass is 10.2. The molecule has 0 aliphatic rings. The molecule has 3 amide bonds. The second-order valence-corrected chi connectivity index (χ2v) is 5.39. The van der Waals surface area contributed by atoms with Crippen LogP contribution in [0, 0.1) is 0 Å². The number of nitrogens with two attached hydrogens (primary N) is 1. The zero-order chi connectivity index (χ0) is 17.5. The van der Waals surface area contributed by atoms with Gasteiger partial charge >= 0.3 is 12.4 Å². The molecular weight excluding hydrogens is 335 g/mol. The highest BCUT2D eigenvalue weighted by Crippen LogP contribution is 2.25. The molecule has 10 heteroatoms. The summed E-state index contributed by atoms with van der Waals surface area (Å²) in [6, 6.07) is 3.09. The predicted octanol–water partition coefficient (Wildman–Crippen LogP) is 2.31. The minimum absolute atomic E-state index is 0.108. The molecule has 6 nitrogen and oxygen atoms in total. The number of amides is 3. The van der Waals surface area contributed by atoms with Crippen molar-refractivity contribution in [2.45, 2.75) is 18.8 Å². The van der Waals surface area contributed by atoms with E-state index in [-0.39, 0.29) is 5.69 Å². The van der Waals surface area contributed by atoms with E-state index in [0.29, 0.717) is 12.2 Å². The fraction of sp³-hybridized carbons (Fsp3) is 0.385. The Morgan fingerprint density at radius 2 is 2.09 bits per heavy atom. The summed E-state index contributed by atoms with van der Waals surface area (Å²) in [5, 5.41) is 4.71. The van der Waals surface area contributed by atoms with E-state index in [0.717, 1.165) is 12.1 Å². The molecule has 0 saturated carbocycles. The van der Waals surface area contributed by atoms with Gasteiger partial charge in [-0.1, -0.05) is 6.07 Å². The maximum Gasteiger partial charge on any atom is 0.573 e. The van der Waals surface area contributed by atoms with Crippen LogP contribution in [-0.4, -0.2) is 36.4 Å². The van der Waals surface area contributed by atoms with Crippen molar-refractivity contribution in [1.82, 2.24) is 5.32 Å². The van der Waals surface area contributed by atoms with E-state index in [4.69, 9.17) is 5.73 Å². The number of nitrogens with one attached hydrogen (secondary N) is 2. The van der Waals surface area contributed by atoms with Crippen molar-refractivity contribution >= 4 is 29.4 Å². The number of primary amides is 1. The van der Waals surface area contributed by atoms with Crippen molar-refractivity contribution in [3.8, 4) is 5.75 Å². The minimum Gasteiger partial charge on any atom is -0.406 e. The van der Waals surface area contributed by atoms with E-state index in [1.807, 2.05) is 6.26 Å². The molecule has 0 bridgehead atoms. The summed E-state index contributed by atoms with van der Waals surface area (Å²) in [6.07, 6.45) is -2.66. The molecule has 23 heavy (non-hydrogen) atoms. The lowest BCUT2D eigenvalue weighted by molar-refractivity contribution is -0.274. The fourth-order valence-corrected chi connectivity index (χ4v) is 2.15. The van der Waals surface area contributed by atoms with Crippen molar-refractivity contribution in [1.29, 1.82) is 0 Å². The maximum absolute atomic E-state index is 12.2. The molecule has 0 heterocycles. The number of hydrogen-bond donors (Lipinski definition) is 3. The van der Waals surface area contributed by atoms with Gasteiger partial charge in [0.2, 0.25) is 5.91 Å². The summed E-state index contributed by atoms with van der Waals surface area (Å²) in [7, 11) is 0. The number of carbonyl (C=O) groups is 2. The Balaban J connectivity index is 2.77. The first kappa shape index (κ1) is 18.9. The molecular formula is C13H16F3N3O3S. The van der Waals surface area contributed by atoms with Crippen LogP contribution >= 0.6 is 11.8 Å². The van der Waals surface area contributed by atoms with E-state index in [2.05, 4.69) is 15.4 Å². The molecule has 1 aromatic carbocycles. The van der Waals surface area contributed by atoms with Crippen LogP contribution in [0.2, 0.25) is 0 Å². The van der Waals surface area contributed by atoms with Gasteiger partial charge in [-0.3, -0.25) is 4.79 Å². The standard InChI is InChI=1S/C13H16F3N3O3S/c1-23-6-5-10(19-12(17)21)11(20)18-8-3-2-4-9(7-8)22-13(14,15)16/h2-4,7,10H,5-6H2,1H3,(H,18,20)(H3,17,19,21). The smallest absolute Gasteiger partial charge is 0.406 e. The Morgan fingerprint density at radius 3 is 2.65 bits per heavy atom. The van der Waals surface area contributed by atoms with E-state index >= 15 is 0 Å². The van der Waals surface area contributed by atoms with Crippen molar-refractivity contribution in [3.05, 3.63) is 24.3 Å². The second kappa shape index (κ2) is 8.51. The van der Waals surface area contributed by atoms with Crippen LogP contribution in [0.4, 0.5) is 23.7 Å². The number of halogens is 3. The Labute approximate surface area is 134 Å². The van der Waals surface area contributed by atoms with Gasteiger partial charge in [0.15, 0.2) is 0 Å². The predicted molar refractivity (Wildman–Crippen MR) is 81.3 cm³/mol. The molecule has 0 saturated heterocycles. The van der Waals surface area contributed by atoms with Crippen molar-refractivity contribution in [2.24, 2.45) is 5.73 Å². The first-order chi connectivity index (χ1) is 10.7. The van der Waals surface area contributed by atoms with Crippen LogP contribution in [0.15, 0.2) is 24.3 Å². The normalized spacial score (nSPS) is 12.3. The maximum atomic E-state index is 12.2. The monoisotopic (exact) mass is 351 g/mol. The van der Waals surface area contributed by atoms with Crippen LogP contribution in [0.25, 0.3) is 0 Å². The topological polar surface area (TPSA) is 93.5 Å². The first-order valence-corrected chi connectivity index (χ1v) is 7.82. The molecule has 128 valence electrons. The summed E-state index contributed by atoms with van der Waals surface area (Å²) in [6.45, 7) is 0. The third-order valence-electron chi connectivity index (χ3n) is 2.58. The Morgan fingerprint density at radius 1 is 1.39 bits per heavy atom. The summed E-state index contributed by atoms with van der Waals surface area (Å²) < 4.78 is 40.3. The number of anilines is 1. The highest BCUT2D eigenvalue weighted by Gasteiger charge is 2.31. The summed E-state index contributed by atoms with van der Waals surface area (Å²) in [5.41, 5.74) is 5.12. The minimum atomic E-state index is -4.82. The molecule has 1 rings (SSSR count). The number of carbonyl (C=O) groups excluding carboxylic acids is 2. The highest BCUT2D eigenvalue weighted by atomic mass is 32.2. The second-order valence-electron chi connectivity index (χ2n) is 4.41. The van der Waals surface area contributed by atoms with Gasteiger partial charge in [-0.15, -0.1) is 13.2 Å². The van der Waals surface area contributed by atoms with Crippen molar-refractivity contribution < 1.29 is 27.5 Å². The third kappa shape index (κ3) is 7.63. The van der Waals surface area contributed by atoms with E-state index in [1.54, 1.807) is 0 Å². The third-order valence-corrected chi connectivity index (χ3v) is 3.22. The van der Waals surface area contributed by atoms with Gasteiger partial charge in [-0.25, -0.2) is 4.79 Å². The molecule has 1 atom stereocenters. The summed E-state index contributed by atoms with van der Waals surface area (Å²) in [4.78, 5) is 23.0. The van der Waals surface area contributed by atoms with Crippen LogP contribution < -0.4 is 21.1 Å². The number of thioether (sulfide) groups is 1. The fourth-order valence-electron chi connectivity index (χ4n) is 1.68. The van der Waals surface area contributed by atoms with Gasteiger partial charge in [-0.2, -0.15) is 11.8 Å². The quantitative estimate of drug-likeness (QED) is 0.703. The van der Waals surface area contributed by atoms with Gasteiger partial charge in [-0.05, 0) is 30.6 Å². The highest BCUT2D eigenvalue weighted by molar-refractivity contribution is 7.98. The van der Waals surface area contributed by atoms with E-state index < -0.39 is 30.1 Å². The van der Waals surface area contributed by atoms with E-state index in [1.165, 1.54) is 23.9 Å². The number of rotatable bonds is 7. The summed E-state index contributed by atoms with van der Waals surface area (Å²) >= 11 is 1.47. The Bertz CT molecular complexity index is 555. The molecule has 0 radical (unpaired) electrons. The molecule has 0 fully saturated rings. The SMILES string of the molecule is CSCCC(NC(N)=O)C(=O)Nc1cccc(OC(F)(F)F)c1. The van der Waals surface area contributed by atoms with E-state index in [9.17, 15) is 22.8 Å². The number of hydrogen-bond acceptors (Lipinski definition) is 4. The van der Waals surface area contributed by atoms with Gasteiger partial charge in [0.25, 0.3) is 0 Å². The zero-order valence-electron chi connectivity index (χ0n) is 12.1. The number of ether oxygens (including phenoxy) is 1. The summed E-state index contributed by atoms with van der Waals surface area (Å²) in [5.74, 6) is -0.448. The van der Waals surface area contributed by atoms with Gasteiger partial charge < -0.3 is 21.1 Å². The Kier molecular flexibility index (Phi) is 7.01. The van der Waals surface area contributed by atoms with Crippen LogP contribution in [0.1, 0.15) is 6.42 Å². The molecule has 0 aliphatic heterocycles. The number of alkyl halides is 3. The van der Waals surface area contributed by atoms with Gasteiger partial charge in [0, 0.05) is 11.8 Å². The van der Waals surface area contributed by atoms with Crippen LogP contribution in [0.3, 0.4) is 0 Å². The molecule has 1 aromatic rings. The van der Waals surface area contributed by atoms with Crippen molar-refractivity contribution in [2.75, 3.05) is 17.3 Å². The van der Waals surface area contributed by atoms with Crippen LogP contribution in [-0.2, 0) is 4.79 Å². The molecule has 1 unspecified atom stereocenters. The molecule has 0 spiro atoms. The lowest BCUT2D eigenvalue weighted by Gasteiger charge is -2.17. The average Bonchev–Trinajstić information content (AvgIpc) is 2.41. The van der Waals surface area contributed by atoms with Gasteiger partial charge in [0.05, 0.1) is 0 Å². The molecule has 4 N–H and O–H groups in total.